The summed E-state index contributed by atoms with van der Waals surface area (Å²) in [6.07, 6.45) is 0.948. The van der Waals surface area contributed by atoms with Crippen molar-refractivity contribution < 1.29 is 14.3 Å². The smallest absolute Gasteiger partial charge is 0.322 e. The van der Waals surface area contributed by atoms with Crippen molar-refractivity contribution >= 4 is 23.3 Å². The molecule has 2 atom stereocenters. The first-order chi connectivity index (χ1) is 14.9. The van der Waals surface area contributed by atoms with E-state index in [2.05, 4.69) is 46.7 Å². The Morgan fingerprint density at radius 1 is 1.19 bits per heavy atom. The molecular formula is C24H32N4O3. The number of likely N-dealkylation sites (tertiary alicyclic amines) is 1. The van der Waals surface area contributed by atoms with Crippen LogP contribution in [0.15, 0.2) is 48.5 Å². The van der Waals surface area contributed by atoms with E-state index in [1.807, 2.05) is 17.9 Å². The van der Waals surface area contributed by atoms with Crippen LogP contribution in [0, 0.1) is 0 Å². The summed E-state index contributed by atoms with van der Waals surface area (Å²) in [5.41, 5.74) is 2.49. The summed E-state index contributed by atoms with van der Waals surface area (Å²) in [6, 6.07) is 16.0. The lowest BCUT2D eigenvalue weighted by molar-refractivity contribution is -0.114. The van der Waals surface area contributed by atoms with Gasteiger partial charge in [0.2, 0.25) is 5.91 Å². The number of hydrogen-bond acceptors (Lipinski definition) is 4. The van der Waals surface area contributed by atoms with E-state index in [0.717, 1.165) is 19.5 Å². The molecule has 2 aromatic carbocycles. The molecular weight excluding hydrogens is 392 g/mol. The number of ether oxygens (including phenoxy) is 1. The molecule has 166 valence electrons. The number of rotatable bonds is 7. The number of urea groups is 1. The van der Waals surface area contributed by atoms with Crippen LogP contribution in [-0.2, 0) is 4.79 Å². The van der Waals surface area contributed by atoms with Crippen LogP contribution in [0.4, 0.5) is 16.2 Å². The molecule has 7 heteroatoms. The average Bonchev–Trinajstić information content (AvgIpc) is 3.24. The van der Waals surface area contributed by atoms with Gasteiger partial charge < -0.3 is 20.3 Å². The Morgan fingerprint density at radius 2 is 1.94 bits per heavy atom. The highest BCUT2D eigenvalue weighted by atomic mass is 16.5. The van der Waals surface area contributed by atoms with Gasteiger partial charge in [0.15, 0.2) is 0 Å². The van der Waals surface area contributed by atoms with Crippen molar-refractivity contribution in [2.45, 2.75) is 39.3 Å². The van der Waals surface area contributed by atoms with Crippen molar-refractivity contribution in [1.82, 2.24) is 9.80 Å². The molecule has 7 nitrogen and oxygen atoms in total. The summed E-state index contributed by atoms with van der Waals surface area (Å²) in [5.74, 6) is 0.322. The second-order valence-electron chi connectivity index (χ2n) is 7.84. The predicted molar refractivity (Wildman–Crippen MR) is 124 cm³/mol. The van der Waals surface area contributed by atoms with Gasteiger partial charge in [-0.2, -0.15) is 0 Å². The van der Waals surface area contributed by atoms with Crippen LogP contribution in [0.25, 0.3) is 0 Å². The monoisotopic (exact) mass is 424 g/mol. The Kier molecular flexibility index (Phi) is 7.52. The van der Waals surface area contributed by atoms with Crippen molar-refractivity contribution in [2.24, 2.45) is 0 Å². The van der Waals surface area contributed by atoms with Crippen molar-refractivity contribution in [2.75, 3.05) is 37.4 Å². The van der Waals surface area contributed by atoms with Crippen LogP contribution >= 0.6 is 0 Å². The van der Waals surface area contributed by atoms with Gasteiger partial charge in [-0.1, -0.05) is 30.3 Å². The Labute approximate surface area is 184 Å². The standard InChI is InChI=1S/C24H32N4O3/c1-5-28(21-13-14-27(16-21)17(2)19-9-7-6-8-10-19)24(30)26-20-11-12-22(25-18(3)29)23(15-20)31-4/h6-12,15,17,21H,5,13-14,16H2,1-4H3,(H,25,29)(H,26,30)/t17-,21+/m1/s1. The first-order valence-electron chi connectivity index (χ1n) is 10.7. The quantitative estimate of drug-likeness (QED) is 0.693. The molecule has 1 saturated heterocycles. The Balaban J connectivity index is 1.65. The van der Waals surface area contributed by atoms with E-state index in [0.29, 0.717) is 29.7 Å². The second-order valence-corrected chi connectivity index (χ2v) is 7.84. The van der Waals surface area contributed by atoms with E-state index in [1.165, 1.54) is 19.6 Å². The minimum atomic E-state index is -0.178. The Morgan fingerprint density at radius 3 is 2.58 bits per heavy atom. The number of nitrogens with one attached hydrogen (secondary N) is 2. The van der Waals surface area contributed by atoms with Gasteiger partial charge in [-0.25, -0.2) is 4.79 Å². The molecule has 0 unspecified atom stereocenters. The molecule has 31 heavy (non-hydrogen) atoms. The van der Waals surface area contributed by atoms with E-state index in [-0.39, 0.29) is 18.0 Å². The summed E-state index contributed by atoms with van der Waals surface area (Å²) in [7, 11) is 1.53. The van der Waals surface area contributed by atoms with E-state index in [1.54, 1.807) is 18.2 Å². The van der Waals surface area contributed by atoms with E-state index >= 15 is 0 Å². The first kappa shape index (κ1) is 22.6. The average molecular weight is 425 g/mol. The summed E-state index contributed by atoms with van der Waals surface area (Å²) in [4.78, 5) is 28.7. The Hall–Kier alpha value is -3.06. The van der Waals surface area contributed by atoms with E-state index in [4.69, 9.17) is 4.74 Å². The van der Waals surface area contributed by atoms with Crippen LogP contribution in [0.2, 0.25) is 0 Å². The fourth-order valence-electron chi connectivity index (χ4n) is 4.14. The van der Waals surface area contributed by atoms with Crippen molar-refractivity contribution in [3.8, 4) is 5.75 Å². The van der Waals surface area contributed by atoms with Crippen LogP contribution in [-0.4, -0.2) is 54.5 Å². The molecule has 0 bridgehead atoms. The molecule has 1 aliphatic heterocycles. The number of hydrogen-bond donors (Lipinski definition) is 2. The largest absolute Gasteiger partial charge is 0.494 e. The molecule has 0 spiro atoms. The van der Waals surface area contributed by atoms with Crippen LogP contribution in [0.3, 0.4) is 0 Å². The molecule has 0 saturated carbocycles. The number of amides is 3. The zero-order chi connectivity index (χ0) is 22.4. The summed E-state index contributed by atoms with van der Waals surface area (Å²) in [6.45, 7) is 8.11. The third-order valence-corrected chi connectivity index (χ3v) is 5.83. The molecule has 2 aromatic rings. The fourth-order valence-corrected chi connectivity index (χ4v) is 4.14. The maximum Gasteiger partial charge on any atom is 0.322 e. The normalized spacial score (nSPS) is 17.1. The Bertz CT molecular complexity index is 903. The number of carbonyl (C=O) groups is 2. The zero-order valence-electron chi connectivity index (χ0n) is 18.7. The number of methoxy groups -OCH3 is 1. The molecule has 1 aliphatic rings. The maximum atomic E-state index is 13.0. The molecule has 1 fully saturated rings. The molecule has 3 amide bonds. The van der Waals surface area contributed by atoms with Gasteiger partial charge in [-0.3, -0.25) is 9.69 Å². The lowest BCUT2D eigenvalue weighted by atomic mass is 10.1. The molecule has 1 heterocycles. The summed E-state index contributed by atoms with van der Waals surface area (Å²) in [5, 5.41) is 5.70. The van der Waals surface area contributed by atoms with Gasteiger partial charge >= 0.3 is 6.03 Å². The third-order valence-electron chi connectivity index (χ3n) is 5.83. The zero-order valence-corrected chi connectivity index (χ0v) is 18.7. The number of carbonyl (C=O) groups excluding carboxylic acids is 2. The van der Waals surface area contributed by atoms with E-state index < -0.39 is 0 Å². The van der Waals surface area contributed by atoms with Gasteiger partial charge in [-0.05, 0) is 38.0 Å². The number of nitrogens with zero attached hydrogens (tertiary/aromatic N) is 2. The molecule has 0 radical (unpaired) electrons. The highest BCUT2D eigenvalue weighted by Crippen LogP contribution is 2.29. The number of benzene rings is 2. The van der Waals surface area contributed by atoms with Crippen LogP contribution in [0.1, 0.15) is 38.8 Å². The molecule has 2 N–H and O–H groups in total. The molecule has 3 rings (SSSR count). The lowest BCUT2D eigenvalue weighted by Gasteiger charge is -2.30. The van der Waals surface area contributed by atoms with Gasteiger partial charge in [0.1, 0.15) is 5.75 Å². The highest BCUT2D eigenvalue weighted by Gasteiger charge is 2.32. The van der Waals surface area contributed by atoms with Crippen molar-refractivity contribution in [3.63, 3.8) is 0 Å². The van der Waals surface area contributed by atoms with Crippen LogP contribution in [0.5, 0.6) is 5.75 Å². The van der Waals surface area contributed by atoms with Gasteiger partial charge in [0.25, 0.3) is 0 Å². The first-order valence-corrected chi connectivity index (χ1v) is 10.7. The predicted octanol–water partition coefficient (Wildman–Crippen LogP) is 4.34. The van der Waals surface area contributed by atoms with Gasteiger partial charge in [-0.15, -0.1) is 0 Å². The summed E-state index contributed by atoms with van der Waals surface area (Å²) < 4.78 is 5.35. The fraction of sp³-hybridized carbons (Fsp3) is 0.417. The summed E-state index contributed by atoms with van der Waals surface area (Å²) >= 11 is 0. The second kappa shape index (κ2) is 10.3. The van der Waals surface area contributed by atoms with Crippen molar-refractivity contribution in [1.29, 1.82) is 0 Å². The molecule has 0 aromatic heterocycles. The SMILES string of the molecule is CCN(C(=O)Nc1ccc(NC(C)=O)c(OC)c1)[C@H]1CCN([C@H](C)c2ccccc2)C1. The van der Waals surface area contributed by atoms with Crippen LogP contribution < -0.4 is 15.4 Å². The van der Waals surface area contributed by atoms with E-state index in [9.17, 15) is 9.59 Å². The number of likely N-dealkylation sites (N-methyl/N-ethyl adjacent to an activating group) is 1. The lowest BCUT2D eigenvalue weighted by Crippen LogP contribution is -2.44. The topological polar surface area (TPSA) is 73.9 Å². The van der Waals surface area contributed by atoms with Gasteiger partial charge in [0.05, 0.1) is 12.8 Å². The highest BCUT2D eigenvalue weighted by molar-refractivity contribution is 5.93. The number of anilines is 2. The minimum Gasteiger partial charge on any atom is -0.494 e. The van der Waals surface area contributed by atoms with Gasteiger partial charge in [0, 0.05) is 50.4 Å². The third kappa shape index (κ3) is 5.55. The maximum absolute atomic E-state index is 13.0. The molecule has 0 aliphatic carbocycles. The van der Waals surface area contributed by atoms with Crippen molar-refractivity contribution in [3.05, 3.63) is 54.1 Å². The minimum absolute atomic E-state index is 0.129.